The number of carbonyl (C=O) groups excluding carboxylic acids is 1. The third-order valence-corrected chi connectivity index (χ3v) is 7.39. The minimum atomic E-state index is 0.0759. The topological polar surface area (TPSA) is 70.6 Å². The van der Waals surface area contributed by atoms with Crippen molar-refractivity contribution in [2.45, 2.75) is 13.5 Å². The predicted molar refractivity (Wildman–Crippen MR) is 137 cm³/mol. The number of thiophene rings is 1. The molecule has 7 nitrogen and oxygen atoms in total. The Kier molecular flexibility index (Phi) is 6.31. The van der Waals surface area contributed by atoms with E-state index in [-0.39, 0.29) is 5.91 Å². The van der Waals surface area contributed by atoms with Gasteiger partial charge in [0.25, 0.3) is 5.91 Å². The van der Waals surface area contributed by atoms with E-state index >= 15 is 0 Å². The van der Waals surface area contributed by atoms with Gasteiger partial charge in [-0.25, -0.2) is 9.97 Å². The number of ether oxygens (including phenoxy) is 1. The Labute approximate surface area is 203 Å². The van der Waals surface area contributed by atoms with Gasteiger partial charge in [0.15, 0.2) is 0 Å². The summed E-state index contributed by atoms with van der Waals surface area (Å²) in [6.45, 7) is 5.65. The van der Waals surface area contributed by atoms with Crippen molar-refractivity contribution >= 4 is 39.0 Å². The fourth-order valence-corrected chi connectivity index (χ4v) is 5.44. The van der Waals surface area contributed by atoms with Crippen LogP contribution in [0.25, 0.3) is 10.2 Å². The van der Waals surface area contributed by atoms with Crippen molar-refractivity contribution in [1.82, 2.24) is 14.9 Å². The fourth-order valence-electron chi connectivity index (χ4n) is 4.33. The van der Waals surface area contributed by atoms with Gasteiger partial charge in [-0.05, 0) is 42.3 Å². The highest BCUT2D eigenvalue weighted by molar-refractivity contribution is 7.20. The Bertz CT molecular complexity index is 1300. The van der Waals surface area contributed by atoms with Crippen molar-refractivity contribution in [3.05, 3.63) is 76.9 Å². The first kappa shape index (κ1) is 22.2. The molecule has 8 heteroatoms. The van der Waals surface area contributed by atoms with Crippen LogP contribution >= 0.6 is 11.3 Å². The molecule has 1 aliphatic rings. The van der Waals surface area contributed by atoms with Crippen molar-refractivity contribution in [3.8, 4) is 5.75 Å². The third kappa shape index (κ3) is 4.41. The van der Waals surface area contributed by atoms with Gasteiger partial charge < -0.3 is 19.9 Å². The van der Waals surface area contributed by atoms with Gasteiger partial charge in [-0.15, -0.1) is 11.3 Å². The lowest BCUT2D eigenvalue weighted by molar-refractivity contribution is 0.0751. The minimum Gasteiger partial charge on any atom is -0.497 e. The number of rotatable bonds is 6. The van der Waals surface area contributed by atoms with Crippen LogP contribution in [0.2, 0.25) is 0 Å². The Hall–Kier alpha value is -3.65. The molecular formula is C26H27N5O2S. The largest absolute Gasteiger partial charge is 0.497 e. The number of aryl methyl sites for hydroxylation is 1. The van der Waals surface area contributed by atoms with Crippen LogP contribution in [0.15, 0.2) is 60.9 Å². The Morgan fingerprint density at radius 2 is 1.85 bits per heavy atom. The molecule has 1 N–H and O–H groups in total. The number of fused-ring (bicyclic) bond motifs is 1. The lowest BCUT2D eigenvalue weighted by Crippen LogP contribution is -2.48. The molecule has 0 saturated carbocycles. The molecule has 174 valence electrons. The van der Waals surface area contributed by atoms with Gasteiger partial charge in [-0.1, -0.05) is 30.3 Å². The molecular weight excluding hydrogens is 446 g/mol. The minimum absolute atomic E-state index is 0.0759. The van der Waals surface area contributed by atoms with Gasteiger partial charge in [-0.3, -0.25) is 4.79 Å². The molecule has 5 rings (SSSR count). The van der Waals surface area contributed by atoms with Crippen LogP contribution in [0.3, 0.4) is 0 Å². The average Bonchev–Trinajstić information content (AvgIpc) is 3.24. The normalized spacial score (nSPS) is 13.8. The van der Waals surface area contributed by atoms with Crippen LogP contribution in [0.1, 0.15) is 20.8 Å². The van der Waals surface area contributed by atoms with E-state index < -0.39 is 0 Å². The highest BCUT2D eigenvalue weighted by atomic mass is 32.1. The molecule has 1 fully saturated rings. The first-order chi connectivity index (χ1) is 16.6. The first-order valence-corrected chi connectivity index (χ1v) is 12.2. The Morgan fingerprint density at radius 1 is 1.06 bits per heavy atom. The summed E-state index contributed by atoms with van der Waals surface area (Å²) in [5.41, 5.74) is 3.23. The summed E-state index contributed by atoms with van der Waals surface area (Å²) in [5, 5.41) is 4.34. The second kappa shape index (κ2) is 9.69. The van der Waals surface area contributed by atoms with E-state index in [1.807, 2.05) is 54.3 Å². The maximum atomic E-state index is 13.4. The quantitative estimate of drug-likeness (QED) is 0.442. The van der Waals surface area contributed by atoms with Gasteiger partial charge in [0, 0.05) is 38.4 Å². The van der Waals surface area contributed by atoms with Crippen molar-refractivity contribution in [2.75, 3.05) is 43.5 Å². The first-order valence-electron chi connectivity index (χ1n) is 11.3. The molecule has 1 aliphatic heterocycles. The smallest absolute Gasteiger partial charge is 0.264 e. The standard InChI is InChI=1S/C26H27N5O2S/c1-18-22-24(27-16-19-7-6-10-21(15-19)33-2)28-17-29-25(22)34-23(18)26(32)31-13-11-30(12-14-31)20-8-4-3-5-9-20/h3-10,15,17H,11-14,16H2,1-2H3,(H,27,28,29). The zero-order valence-electron chi connectivity index (χ0n) is 19.3. The lowest BCUT2D eigenvalue weighted by atomic mass is 10.1. The van der Waals surface area contributed by atoms with Crippen molar-refractivity contribution < 1.29 is 9.53 Å². The number of piperazine rings is 1. The highest BCUT2D eigenvalue weighted by Crippen LogP contribution is 2.34. The Morgan fingerprint density at radius 3 is 2.62 bits per heavy atom. The van der Waals surface area contributed by atoms with Gasteiger partial charge in [-0.2, -0.15) is 0 Å². The van der Waals surface area contributed by atoms with Crippen LogP contribution in [0.5, 0.6) is 5.75 Å². The summed E-state index contributed by atoms with van der Waals surface area (Å²) in [4.78, 5) is 28.2. The second-order valence-electron chi connectivity index (χ2n) is 8.28. The van der Waals surface area contributed by atoms with Crippen LogP contribution < -0.4 is 15.0 Å². The van der Waals surface area contributed by atoms with Crippen LogP contribution in [0, 0.1) is 6.92 Å². The number of aromatic nitrogens is 2. The zero-order valence-corrected chi connectivity index (χ0v) is 20.1. The predicted octanol–water partition coefficient (Wildman–Crippen LogP) is 4.58. The number of benzene rings is 2. The number of nitrogens with one attached hydrogen (secondary N) is 1. The van der Waals surface area contributed by atoms with E-state index in [0.717, 1.165) is 50.9 Å². The number of anilines is 2. The number of carbonyl (C=O) groups is 1. The summed E-state index contributed by atoms with van der Waals surface area (Å²) in [7, 11) is 1.66. The van der Waals surface area contributed by atoms with Crippen molar-refractivity contribution in [2.24, 2.45) is 0 Å². The van der Waals surface area contributed by atoms with E-state index in [2.05, 4.69) is 32.3 Å². The molecule has 0 atom stereocenters. The van der Waals surface area contributed by atoms with E-state index in [1.54, 1.807) is 13.4 Å². The van der Waals surface area contributed by atoms with Gasteiger partial charge in [0.2, 0.25) is 0 Å². The number of nitrogens with zero attached hydrogens (tertiary/aromatic N) is 4. The number of methoxy groups -OCH3 is 1. The van der Waals surface area contributed by atoms with Crippen molar-refractivity contribution in [3.63, 3.8) is 0 Å². The molecule has 1 saturated heterocycles. The van der Waals surface area contributed by atoms with Gasteiger partial charge >= 0.3 is 0 Å². The fraction of sp³-hybridized carbons (Fsp3) is 0.269. The maximum Gasteiger partial charge on any atom is 0.264 e. The third-order valence-electron chi connectivity index (χ3n) is 6.20. The molecule has 3 heterocycles. The number of hydrogen-bond donors (Lipinski definition) is 1. The summed E-state index contributed by atoms with van der Waals surface area (Å²) >= 11 is 1.45. The van der Waals surface area contributed by atoms with E-state index in [4.69, 9.17) is 4.74 Å². The monoisotopic (exact) mass is 473 g/mol. The molecule has 0 unspecified atom stereocenters. The summed E-state index contributed by atoms with van der Waals surface area (Å²) < 4.78 is 5.32. The summed E-state index contributed by atoms with van der Waals surface area (Å²) in [5.74, 6) is 1.64. The molecule has 2 aromatic carbocycles. The average molecular weight is 474 g/mol. The maximum absolute atomic E-state index is 13.4. The van der Waals surface area contributed by atoms with Crippen molar-refractivity contribution in [1.29, 1.82) is 0 Å². The van der Waals surface area contributed by atoms with E-state index in [0.29, 0.717) is 19.6 Å². The molecule has 34 heavy (non-hydrogen) atoms. The molecule has 0 bridgehead atoms. The molecule has 4 aromatic rings. The second-order valence-corrected chi connectivity index (χ2v) is 9.28. The van der Waals surface area contributed by atoms with Crippen LogP contribution in [-0.4, -0.2) is 54.1 Å². The number of para-hydroxylation sites is 1. The molecule has 1 amide bonds. The van der Waals surface area contributed by atoms with Crippen LogP contribution in [0.4, 0.5) is 11.5 Å². The van der Waals surface area contributed by atoms with Gasteiger partial charge in [0.05, 0.1) is 17.4 Å². The summed E-state index contributed by atoms with van der Waals surface area (Å²) in [6, 6.07) is 18.3. The Balaban J connectivity index is 1.32. The van der Waals surface area contributed by atoms with E-state index in [9.17, 15) is 4.79 Å². The van der Waals surface area contributed by atoms with Gasteiger partial charge in [0.1, 0.15) is 22.7 Å². The molecule has 0 radical (unpaired) electrons. The lowest BCUT2D eigenvalue weighted by Gasteiger charge is -2.36. The van der Waals surface area contributed by atoms with E-state index in [1.165, 1.54) is 17.0 Å². The molecule has 0 spiro atoms. The molecule has 2 aromatic heterocycles. The zero-order chi connectivity index (χ0) is 23.5. The molecule has 0 aliphatic carbocycles. The summed E-state index contributed by atoms with van der Waals surface area (Å²) in [6.07, 6.45) is 1.55. The number of hydrogen-bond acceptors (Lipinski definition) is 7. The number of amides is 1. The highest BCUT2D eigenvalue weighted by Gasteiger charge is 2.26. The van der Waals surface area contributed by atoms with Crippen LogP contribution in [-0.2, 0) is 6.54 Å². The SMILES string of the molecule is COc1cccc(CNc2ncnc3sc(C(=O)N4CCN(c5ccccc5)CC4)c(C)c23)c1.